The molecule has 1 saturated carbocycles. The number of aromatic hydroxyl groups is 1. The molecular weight excluding hydrogens is 340 g/mol. The first-order valence-electron chi connectivity index (χ1n) is 4.87. The van der Waals surface area contributed by atoms with Crippen LogP contribution >= 0.6 is 31.9 Å². The SMILES string of the molecule is O=C(Nc1nc(Br)ccc1O)C1(Br)CCC1. The maximum atomic E-state index is 11.9. The van der Waals surface area contributed by atoms with E-state index in [-0.39, 0.29) is 17.5 Å². The largest absolute Gasteiger partial charge is 0.504 e. The number of nitrogens with zero attached hydrogens (tertiary/aromatic N) is 1. The summed E-state index contributed by atoms with van der Waals surface area (Å²) >= 11 is 6.58. The molecule has 1 aromatic heterocycles. The van der Waals surface area contributed by atoms with Gasteiger partial charge in [0, 0.05) is 0 Å². The lowest BCUT2D eigenvalue weighted by Crippen LogP contribution is -2.43. The molecule has 1 aliphatic carbocycles. The first-order chi connectivity index (χ1) is 7.51. The molecular formula is C10H10Br2N2O2. The Morgan fingerprint density at radius 1 is 1.50 bits per heavy atom. The number of amides is 1. The normalized spacial score (nSPS) is 17.6. The zero-order valence-electron chi connectivity index (χ0n) is 8.33. The van der Waals surface area contributed by atoms with Crippen molar-refractivity contribution in [3.63, 3.8) is 0 Å². The number of alkyl halides is 1. The van der Waals surface area contributed by atoms with Crippen LogP contribution in [-0.4, -0.2) is 20.3 Å². The maximum absolute atomic E-state index is 11.9. The van der Waals surface area contributed by atoms with Crippen LogP contribution in [0.15, 0.2) is 16.7 Å². The van der Waals surface area contributed by atoms with E-state index in [0.717, 1.165) is 19.3 Å². The molecule has 0 radical (unpaired) electrons. The van der Waals surface area contributed by atoms with Gasteiger partial charge < -0.3 is 10.4 Å². The third-order valence-corrected chi connectivity index (χ3v) is 4.22. The van der Waals surface area contributed by atoms with Gasteiger partial charge in [-0.3, -0.25) is 4.79 Å². The Kier molecular flexibility index (Phi) is 3.21. The second-order valence-corrected chi connectivity index (χ2v) is 6.11. The van der Waals surface area contributed by atoms with Crippen molar-refractivity contribution >= 4 is 43.6 Å². The number of rotatable bonds is 2. The molecule has 0 aliphatic heterocycles. The van der Waals surface area contributed by atoms with Gasteiger partial charge in [0.05, 0.1) is 0 Å². The highest BCUT2D eigenvalue weighted by atomic mass is 79.9. The van der Waals surface area contributed by atoms with Crippen LogP contribution in [0.5, 0.6) is 5.75 Å². The summed E-state index contributed by atoms with van der Waals surface area (Å²) in [6.07, 6.45) is 2.66. The molecule has 1 amide bonds. The Morgan fingerprint density at radius 3 is 2.75 bits per heavy atom. The molecule has 0 bridgehead atoms. The summed E-state index contributed by atoms with van der Waals surface area (Å²) in [5, 5.41) is 12.1. The fourth-order valence-electron chi connectivity index (χ4n) is 1.45. The van der Waals surface area contributed by atoms with Crippen LogP contribution in [0.25, 0.3) is 0 Å². The summed E-state index contributed by atoms with van der Waals surface area (Å²) in [5.74, 6) is -0.00303. The lowest BCUT2D eigenvalue weighted by Gasteiger charge is -2.34. The molecule has 0 unspecified atom stereocenters. The Hall–Kier alpha value is -0.620. The number of carbonyl (C=O) groups excluding carboxylic acids is 1. The first kappa shape index (κ1) is 11.9. The molecule has 0 aromatic carbocycles. The van der Waals surface area contributed by atoms with Gasteiger partial charge in [0.15, 0.2) is 11.6 Å². The summed E-state index contributed by atoms with van der Waals surface area (Å²) in [4.78, 5) is 15.9. The minimum atomic E-state index is -0.483. The number of halogens is 2. The predicted octanol–water partition coefficient (Wildman–Crippen LogP) is 2.81. The van der Waals surface area contributed by atoms with Crippen LogP contribution in [0.4, 0.5) is 5.82 Å². The van der Waals surface area contributed by atoms with E-state index < -0.39 is 4.32 Å². The summed E-state index contributed by atoms with van der Waals surface area (Å²) in [5.41, 5.74) is 0. The van der Waals surface area contributed by atoms with Crippen molar-refractivity contribution in [3.8, 4) is 5.75 Å². The van der Waals surface area contributed by atoms with Crippen molar-refractivity contribution in [2.75, 3.05) is 5.32 Å². The predicted molar refractivity (Wildman–Crippen MR) is 67.7 cm³/mol. The number of carbonyl (C=O) groups is 1. The Bertz CT molecular complexity index is 433. The third kappa shape index (κ3) is 2.22. The van der Waals surface area contributed by atoms with Gasteiger partial charge in [0.2, 0.25) is 5.91 Å². The van der Waals surface area contributed by atoms with E-state index in [0.29, 0.717) is 4.60 Å². The van der Waals surface area contributed by atoms with Crippen LogP contribution < -0.4 is 5.32 Å². The van der Waals surface area contributed by atoms with Crippen molar-refractivity contribution in [1.29, 1.82) is 0 Å². The fourth-order valence-corrected chi connectivity index (χ4v) is 2.42. The Balaban J connectivity index is 2.14. The van der Waals surface area contributed by atoms with Gasteiger partial charge in [-0.2, -0.15) is 0 Å². The van der Waals surface area contributed by atoms with Crippen LogP contribution in [0.3, 0.4) is 0 Å². The molecule has 16 heavy (non-hydrogen) atoms. The van der Waals surface area contributed by atoms with Crippen LogP contribution in [0, 0.1) is 0 Å². The zero-order valence-corrected chi connectivity index (χ0v) is 11.5. The van der Waals surface area contributed by atoms with Gasteiger partial charge in [0.25, 0.3) is 0 Å². The molecule has 1 aliphatic rings. The Morgan fingerprint density at radius 2 is 2.19 bits per heavy atom. The van der Waals surface area contributed by atoms with Gasteiger partial charge in [-0.1, -0.05) is 15.9 Å². The number of hydrogen-bond donors (Lipinski definition) is 2. The smallest absolute Gasteiger partial charge is 0.242 e. The molecule has 1 aromatic rings. The number of nitrogens with one attached hydrogen (secondary N) is 1. The average Bonchev–Trinajstić information content (AvgIpc) is 2.20. The van der Waals surface area contributed by atoms with Crippen LogP contribution in [0.1, 0.15) is 19.3 Å². The highest BCUT2D eigenvalue weighted by Gasteiger charge is 2.41. The van der Waals surface area contributed by atoms with E-state index in [2.05, 4.69) is 42.2 Å². The minimum Gasteiger partial charge on any atom is -0.504 e. The summed E-state index contributed by atoms with van der Waals surface area (Å²) < 4.78 is 0.0847. The van der Waals surface area contributed by atoms with Gasteiger partial charge >= 0.3 is 0 Å². The number of pyridine rings is 1. The van der Waals surface area contributed by atoms with Crippen molar-refractivity contribution < 1.29 is 9.90 Å². The van der Waals surface area contributed by atoms with Crippen molar-refractivity contribution in [1.82, 2.24) is 4.98 Å². The van der Waals surface area contributed by atoms with E-state index in [1.165, 1.54) is 6.07 Å². The molecule has 1 fully saturated rings. The van der Waals surface area contributed by atoms with E-state index in [9.17, 15) is 9.90 Å². The maximum Gasteiger partial charge on any atom is 0.242 e. The van der Waals surface area contributed by atoms with Gasteiger partial charge in [-0.05, 0) is 47.3 Å². The van der Waals surface area contributed by atoms with Crippen molar-refractivity contribution in [2.45, 2.75) is 23.6 Å². The fraction of sp³-hybridized carbons (Fsp3) is 0.400. The number of aromatic nitrogens is 1. The third-order valence-electron chi connectivity index (χ3n) is 2.62. The van der Waals surface area contributed by atoms with Crippen LogP contribution in [0.2, 0.25) is 0 Å². The standard InChI is InChI=1S/C10H10Br2N2O2/c11-7-3-2-6(15)8(13-7)14-9(16)10(12)4-1-5-10/h2-3,15H,1,4-5H2,(H,13,14,16). The molecule has 2 rings (SSSR count). The van der Waals surface area contributed by atoms with E-state index in [1.807, 2.05) is 0 Å². The molecule has 0 saturated heterocycles. The zero-order chi connectivity index (χ0) is 11.8. The molecule has 4 nitrogen and oxygen atoms in total. The first-order valence-corrected chi connectivity index (χ1v) is 6.46. The van der Waals surface area contributed by atoms with E-state index in [1.54, 1.807) is 6.07 Å². The van der Waals surface area contributed by atoms with Crippen molar-refractivity contribution in [3.05, 3.63) is 16.7 Å². The lowest BCUT2D eigenvalue weighted by atomic mass is 9.84. The summed E-state index contributed by atoms with van der Waals surface area (Å²) in [7, 11) is 0. The highest BCUT2D eigenvalue weighted by Crippen LogP contribution is 2.41. The Labute approximate surface area is 110 Å². The minimum absolute atomic E-state index is 0.0352. The number of hydrogen-bond acceptors (Lipinski definition) is 3. The molecule has 6 heteroatoms. The van der Waals surface area contributed by atoms with Gasteiger partial charge in [0.1, 0.15) is 8.93 Å². The summed E-state index contributed by atoms with van der Waals surface area (Å²) in [6, 6.07) is 3.09. The second kappa shape index (κ2) is 4.33. The van der Waals surface area contributed by atoms with E-state index in [4.69, 9.17) is 0 Å². The van der Waals surface area contributed by atoms with Gasteiger partial charge in [-0.25, -0.2) is 4.98 Å². The summed E-state index contributed by atoms with van der Waals surface area (Å²) in [6.45, 7) is 0. The van der Waals surface area contributed by atoms with Crippen molar-refractivity contribution in [2.24, 2.45) is 0 Å². The lowest BCUT2D eigenvalue weighted by molar-refractivity contribution is -0.120. The molecule has 86 valence electrons. The highest BCUT2D eigenvalue weighted by molar-refractivity contribution is 9.10. The molecule has 0 atom stereocenters. The second-order valence-electron chi connectivity index (χ2n) is 3.77. The van der Waals surface area contributed by atoms with Crippen LogP contribution in [-0.2, 0) is 4.79 Å². The van der Waals surface area contributed by atoms with Gasteiger partial charge in [-0.15, -0.1) is 0 Å². The number of anilines is 1. The molecule has 2 N–H and O–H groups in total. The molecule has 0 spiro atoms. The monoisotopic (exact) mass is 348 g/mol. The van der Waals surface area contributed by atoms with E-state index >= 15 is 0 Å². The average molecular weight is 350 g/mol. The topological polar surface area (TPSA) is 62.2 Å². The molecule has 1 heterocycles. The quantitative estimate of drug-likeness (QED) is 0.637.